The monoisotopic (exact) mass is 451 g/mol. The number of aromatic nitrogens is 2. The van der Waals surface area contributed by atoms with Crippen molar-refractivity contribution in [2.75, 3.05) is 12.8 Å². The summed E-state index contributed by atoms with van der Waals surface area (Å²) in [6.45, 7) is 2.18. The highest BCUT2D eigenvalue weighted by atomic mass is 32.2. The van der Waals surface area contributed by atoms with E-state index >= 15 is 0 Å². The summed E-state index contributed by atoms with van der Waals surface area (Å²) in [6, 6.07) is 18.4. The molecule has 2 heterocycles. The third-order valence-electron chi connectivity index (χ3n) is 4.64. The van der Waals surface area contributed by atoms with Crippen molar-refractivity contribution in [2.45, 2.75) is 18.2 Å². The molecule has 30 heavy (non-hydrogen) atoms. The second-order valence-electron chi connectivity index (χ2n) is 6.83. The van der Waals surface area contributed by atoms with Crippen molar-refractivity contribution < 1.29 is 4.79 Å². The van der Waals surface area contributed by atoms with Crippen LogP contribution in [0.25, 0.3) is 23.0 Å². The van der Waals surface area contributed by atoms with Gasteiger partial charge in [0.15, 0.2) is 0 Å². The molecule has 1 saturated heterocycles. The van der Waals surface area contributed by atoms with Crippen LogP contribution in [-0.2, 0) is 4.79 Å². The predicted molar refractivity (Wildman–Crippen MR) is 131 cm³/mol. The topological polar surface area (TPSA) is 38.1 Å². The van der Waals surface area contributed by atoms with Gasteiger partial charge in [-0.05, 0) is 42.5 Å². The molecule has 1 aromatic heterocycles. The predicted octanol–water partition coefficient (Wildman–Crippen LogP) is 5.87. The molecule has 1 fully saturated rings. The first-order valence-corrected chi connectivity index (χ1v) is 11.9. The molecule has 4 nitrogen and oxygen atoms in total. The molecule has 0 aliphatic carbocycles. The number of thioether (sulfide) groups is 2. The van der Waals surface area contributed by atoms with Crippen LogP contribution >= 0.6 is 35.7 Å². The maximum atomic E-state index is 12.5. The average Bonchev–Trinajstić information content (AvgIpc) is 3.30. The Bertz CT molecular complexity index is 1100. The number of para-hydroxylation sites is 1. The van der Waals surface area contributed by atoms with Crippen LogP contribution in [0.1, 0.15) is 18.9 Å². The Kier molecular flexibility index (Phi) is 6.41. The lowest BCUT2D eigenvalue weighted by Crippen LogP contribution is -2.22. The third kappa shape index (κ3) is 4.38. The van der Waals surface area contributed by atoms with Gasteiger partial charge in [-0.1, -0.05) is 61.2 Å². The van der Waals surface area contributed by atoms with Gasteiger partial charge in [0, 0.05) is 29.3 Å². The van der Waals surface area contributed by atoms with E-state index in [-0.39, 0.29) is 5.91 Å². The minimum atomic E-state index is -0.0743. The summed E-state index contributed by atoms with van der Waals surface area (Å²) >= 11 is 8.45. The molecule has 1 aliphatic rings. The molecule has 2 aromatic carbocycles. The van der Waals surface area contributed by atoms with Crippen LogP contribution in [0.5, 0.6) is 0 Å². The van der Waals surface area contributed by atoms with Gasteiger partial charge in [0.05, 0.1) is 16.3 Å². The fourth-order valence-electron chi connectivity index (χ4n) is 3.05. The van der Waals surface area contributed by atoms with Crippen molar-refractivity contribution in [2.24, 2.45) is 0 Å². The van der Waals surface area contributed by atoms with Crippen molar-refractivity contribution in [1.29, 1.82) is 0 Å². The SMILES string of the molecule is CCCSc1ccc(-c2nn(-c3ccccc3)cc2/C=C2\SC(=S)N(C)C2=O)cc1. The number of benzene rings is 2. The van der Waals surface area contributed by atoms with Crippen molar-refractivity contribution in [3.8, 4) is 16.9 Å². The molecule has 0 saturated carbocycles. The first kappa shape index (κ1) is 20.9. The fourth-order valence-corrected chi connectivity index (χ4v) is 4.98. The van der Waals surface area contributed by atoms with Crippen LogP contribution in [0.3, 0.4) is 0 Å². The lowest BCUT2D eigenvalue weighted by atomic mass is 10.1. The van der Waals surface area contributed by atoms with E-state index in [1.165, 1.54) is 21.6 Å². The van der Waals surface area contributed by atoms with E-state index in [1.807, 2.05) is 59.0 Å². The highest BCUT2D eigenvalue weighted by Crippen LogP contribution is 2.34. The molecule has 0 atom stereocenters. The third-order valence-corrected chi connectivity index (χ3v) is 7.34. The Morgan fingerprint density at radius 2 is 1.87 bits per heavy atom. The minimum Gasteiger partial charge on any atom is -0.296 e. The number of amides is 1. The van der Waals surface area contributed by atoms with Gasteiger partial charge in [-0.25, -0.2) is 4.68 Å². The first-order chi connectivity index (χ1) is 14.6. The van der Waals surface area contributed by atoms with Crippen molar-refractivity contribution in [3.05, 3.63) is 71.3 Å². The number of carbonyl (C=O) groups is 1. The van der Waals surface area contributed by atoms with E-state index in [4.69, 9.17) is 17.3 Å². The highest BCUT2D eigenvalue weighted by molar-refractivity contribution is 8.26. The summed E-state index contributed by atoms with van der Waals surface area (Å²) in [7, 11) is 1.71. The molecule has 152 valence electrons. The Balaban J connectivity index is 1.76. The van der Waals surface area contributed by atoms with Gasteiger partial charge in [-0.15, -0.1) is 11.8 Å². The zero-order valence-corrected chi connectivity index (χ0v) is 19.2. The summed E-state index contributed by atoms with van der Waals surface area (Å²) < 4.78 is 2.42. The van der Waals surface area contributed by atoms with Gasteiger partial charge in [-0.3, -0.25) is 9.69 Å². The normalized spacial score (nSPS) is 15.4. The number of likely N-dealkylation sites (N-methyl/N-ethyl adjacent to an activating group) is 1. The maximum absolute atomic E-state index is 12.5. The largest absolute Gasteiger partial charge is 0.296 e. The lowest BCUT2D eigenvalue weighted by Gasteiger charge is -2.04. The number of rotatable bonds is 6. The van der Waals surface area contributed by atoms with E-state index in [0.717, 1.165) is 34.7 Å². The zero-order valence-electron chi connectivity index (χ0n) is 16.7. The Labute approximate surface area is 190 Å². The van der Waals surface area contributed by atoms with Gasteiger partial charge in [0.1, 0.15) is 4.32 Å². The lowest BCUT2D eigenvalue weighted by molar-refractivity contribution is -0.121. The number of carbonyl (C=O) groups excluding carboxylic acids is 1. The number of hydrogen-bond donors (Lipinski definition) is 0. The standard InChI is InChI=1S/C23H21N3OS3/c1-3-13-29-19-11-9-16(10-12-19)21-17(14-20-22(27)25(2)23(28)30-20)15-26(24-21)18-7-5-4-6-8-18/h4-12,14-15H,3,13H2,1-2H3/b20-14-. The zero-order chi connectivity index (χ0) is 21.1. The summed E-state index contributed by atoms with van der Waals surface area (Å²) in [5.41, 5.74) is 3.72. The van der Waals surface area contributed by atoms with Crippen LogP contribution in [0.4, 0.5) is 0 Å². The second kappa shape index (κ2) is 9.20. The van der Waals surface area contributed by atoms with E-state index < -0.39 is 0 Å². The first-order valence-electron chi connectivity index (χ1n) is 9.66. The van der Waals surface area contributed by atoms with Gasteiger partial charge in [0.2, 0.25) is 0 Å². The molecule has 0 unspecified atom stereocenters. The smallest absolute Gasteiger partial charge is 0.265 e. The van der Waals surface area contributed by atoms with Crippen molar-refractivity contribution in [3.63, 3.8) is 0 Å². The second-order valence-corrected chi connectivity index (χ2v) is 9.67. The van der Waals surface area contributed by atoms with Crippen LogP contribution in [-0.4, -0.2) is 37.7 Å². The molecule has 4 rings (SSSR count). The Morgan fingerprint density at radius 3 is 2.50 bits per heavy atom. The molecule has 7 heteroatoms. The van der Waals surface area contributed by atoms with E-state index in [2.05, 4.69) is 31.2 Å². The minimum absolute atomic E-state index is 0.0743. The molecule has 0 spiro atoms. The van der Waals surface area contributed by atoms with Gasteiger partial charge >= 0.3 is 0 Å². The van der Waals surface area contributed by atoms with Crippen molar-refractivity contribution >= 4 is 52.0 Å². The van der Waals surface area contributed by atoms with Gasteiger partial charge < -0.3 is 0 Å². The molecule has 0 radical (unpaired) electrons. The highest BCUT2D eigenvalue weighted by Gasteiger charge is 2.29. The van der Waals surface area contributed by atoms with E-state index in [1.54, 1.807) is 7.05 Å². The summed E-state index contributed by atoms with van der Waals surface area (Å²) in [5, 5.41) is 4.85. The van der Waals surface area contributed by atoms with Crippen LogP contribution in [0.15, 0.2) is 70.6 Å². The Morgan fingerprint density at radius 1 is 1.13 bits per heavy atom. The van der Waals surface area contributed by atoms with E-state index in [9.17, 15) is 4.79 Å². The van der Waals surface area contributed by atoms with Crippen LogP contribution < -0.4 is 0 Å². The molecular weight excluding hydrogens is 430 g/mol. The maximum Gasteiger partial charge on any atom is 0.265 e. The number of thiocarbonyl (C=S) groups is 1. The number of hydrogen-bond acceptors (Lipinski definition) is 5. The molecular formula is C23H21N3OS3. The quantitative estimate of drug-likeness (QED) is 0.266. The molecule has 3 aromatic rings. The fraction of sp³-hybridized carbons (Fsp3) is 0.174. The summed E-state index contributed by atoms with van der Waals surface area (Å²) in [6.07, 6.45) is 5.00. The van der Waals surface area contributed by atoms with Crippen LogP contribution in [0.2, 0.25) is 0 Å². The molecule has 0 bridgehead atoms. The summed E-state index contributed by atoms with van der Waals surface area (Å²) in [4.78, 5) is 15.9. The van der Waals surface area contributed by atoms with Gasteiger partial charge in [-0.2, -0.15) is 5.10 Å². The molecule has 1 amide bonds. The van der Waals surface area contributed by atoms with E-state index in [0.29, 0.717) is 9.23 Å². The summed E-state index contributed by atoms with van der Waals surface area (Å²) in [5.74, 6) is 1.03. The average molecular weight is 452 g/mol. The van der Waals surface area contributed by atoms with Crippen LogP contribution in [0, 0.1) is 0 Å². The van der Waals surface area contributed by atoms with Gasteiger partial charge in [0.25, 0.3) is 5.91 Å². The number of nitrogens with zero attached hydrogens (tertiary/aromatic N) is 3. The molecule has 1 aliphatic heterocycles. The van der Waals surface area contributed by atoms with Crippen molar-refractivity contribution in [1.82, 2.24) is 14.7 Å². The Hall–Kier alpha value is -2.35. The molecule has 0 N–H and O–H groups in total.